The van der Waals surface area contributed by atoms with Crippen LogP contribution in [0.15, 0.2) is 66.9 Å². The van der Waals surface area contributed by atoms with Crippen molar-refractivity contribution < 1.29 is 29.3 Å². The Morgan fingerprint density at radius 1 is 1.00 bits per heavy atom. The monoisotopic (exact) mass is 461 g/mol. The van der Waals surface area contributed by atoms with Gasteiger partial charge in [0.2, 0.25) is 0 Å². The normalized spacial score (nSPS) is 13.8. The summed E-state index contributed by atoms with van der Waals surface area (Å²) in [5, 5.41) is 23.6. The fraction of sp³-hybridized carbons (Fsp3) is 0.200. The van der Waals surface area contributed by atoms with Crippen LogP contribution in [0.25, 0.3) is 11.1 Å². The van der Waals surface area contributed by atoms with E-state index in [-0.39, 0.29) is 23.9 Å². The molecule has 1 atom stereocenters. The smallest absolute Gasteiger partial charge is 0.411 e. The quantitative estimate of drug-likeness (QED) is 0.424. The lowest BCUT2D eigenvalue weighted by molar-refractivity contribution is -0.155. The van der Waals surface area contributed by atoms with Crippen molar-refractivity contribution in [3.05, 3.63) is 83.7 Å². The number of fused-ring (bicyclic) bond motifs is 3. The van der Waals surface area contributed by atoms with Crippen molar-refractivity contribution in [2.24, 2.45) is 0 Å². The zero-order valence-electron chi connectivity index (χ0n) is 18.3. The van der Waals surface area contributed by atoms with Gasteiger partial charge in [0.15, 0.2) is 11.3 Å². The lowest BCUT2D eigenvalue weighted by Gasteiger charge is -2.19. The molecule has 174 valence electrons. The number of benzene rings is 2. The summed E-state index contributed by atoms with van der Waals surface area (Å²) < 4.78 is 5.50. The molecule has 0 saturated heterocycles. The van der Waals surface area contributed by atoms with E-state index in [1.165, 1.54) is 18.3 Å². The number of carbonyl (C=O) groups is 3. The summed E-state index contributed by atoms with van der Waals surface area (Å²) in [6.07, 6.45) is 0.592. The number of anilines is 1. The molecule has 0 fully saturated rings. The van der Waals surface area contributed by atoms with Gasteiger partial charge in [0.05, 0.1) is 12.2 Å². The molecule has 2 amide bonds. The summed E-state index contributed by atoms with van der Waals surface area (Å²) in [6.45, 7) is 0.620. The maximum absolute atomic E-state index is 12.6. The van der Waals surface area contributed by atoms with Gasteiger partial charge >= 0.3 is 12.1 Å². The summed E-state index contributed by atoms with van der Waals surface area (Å²) in [5.74, 6) is -2.35. The van der Waals surface area contributed by atoms with Crippen molar-refractivity contribution >= 4 is 23.7 Å². The van der Waals surface area contributed by atoms with Crippen LogP contribution in [0.2, 0.25) is 0 Å². The number of hydrogen-bond acceptors (Lipinski definition) is 6. The van der Waals surface area contributed by atoms with Crippen LogP contribution in [0.3, 0.4) is 0 Å². The number of nitrogens with one attached hydrogen (secondary N) is 2. The maximum atomic E-state index is 12.6. The van der Waals surface area contributed by atoms with E-state index in [2.05, 4.69) is 15.6 Å². The van der Waals surface area contributed by atoms with Gasteiger partial charge in [-0.1, -0.05) is 48.5 Å². The Hall–Kier alpha value is -4.24. The van der Waals surface area contributed by atoms with Gasteiger partial charge in [-0.05, 0) is 41.3 Å². The first-order valence-electron chi connectivity index (χ1n) is 10.6. The standard InChI is InChI=1S/C25H23N3O6/c1-25(33,23(30)31)14-27-22(29)21-20(11-6-12-26-21)28-24(32)34-13-19-17-9-4-2-7-15(17)16-8-3-5-10-18(16)19/h2-12,19,33H,13-14H2,1H3,(H,27,29)(H,28,32)(H,30,31). The number of pyridine rings is 1. The molecule has 1 heterocycles. The van der Waals surface area contributed by atoms with E-state index >= 15 is 0 Å². The second kappa shape index (κ2) is 9.32. The van der Waals surface area contributed by atoms with Crippen molar-refractivity contribution in [2.75, 3.05) is 18.5 Å². The predicted octanol–water partition coefficient (Wildman–Crippen LogP) is 3.01. The molecule has 1 aromatic heterocycles. The highest BCUT2D eigenvalue weighted by Gasteiger charge is 2.31. The Morgan fingerprint density at radius 3 is 2.24 bits per heavy atom. The fourth-order valence-electron chi connectivity index (χ4n) is 3.84. The molecule has 9 heteroatoms. The number of aliphatic hydroxyl groups is 1. The van der Waals surface area contributed by atoms with Crippen molar-refractivity contribution in [3.63, 3.8) is 0 Å². The molecule has 4 N–H and O–H groups in total. The molecule has 1 aliphatic rings. The third-order valence-corrected chi connectivity index (χ3v) is 5.66. The average molecular weight is 461 g/mol. The van der Waals surface area contributed by atoms with Gasteiger partial charge in [-0.15, -0.1) is 0 Å². The number of rotatable bonds is 7. The van der Waals surface area contributed by atoms with Crippen molar-refractivity contribution in [3.8, 4) is 11.1 Å². The maximum Gasteiger partial charge on any atom is 0.411 e. The summed E-state index contributed by atoms with van der Waals surface area (Å²) >= 11 is 0. The van der Waals surface area contributed by atoms with E-state index in [9.17, 15) is 19.5 Å². The van der Waals surface area contributed by atoms with Crippen molar-refractivity contribution in [2.45, 2.75) is 18.4 Å². The zero-order valence-corrected chi connectivity index (χ0v) is 18.3. The fourth-order valence-corrected chi connectivity index (χ4v) is 3.84. The summed E-state index contributed by atoms with van der Waals surface area (Å²) in [5.41, 5.74) is 2.16. The molecule has 1 aliphatic carbocycles. The Morgan fingerprint density at radius 2 is 1.62 bits per heavy atom. The van der Waals surface area contributed by atoms with Crippen LogP contribution in [-0.4, -0.2) is 51.9 Å². The third-order valence-electron chi connectivity index (χ3n) is 5.66. The van der Waals surface area contributed by atoms with E-state index in [0.717, 1.165) is 29.2 Å². The van der Waals surface area contributed by atoms with E-state index in [4.69, 9.17) is 9.84 Å². The molecule has 3 aromatic rings. The van der Waals surface area contributed by atoms with Gasteiger partial charge in [0.25, 0.3) is 5.91 Å². The third kappa shape index (κ3) is 4.60. The minimum absolute atomic E-state index is 0.0900. The Bertz CT molecular complexity index is 1210. The van der Waals surface area contributed by atoms with Gasteiger partial charge in [-0.2, -0.15) is 0 Å². The highest BCUT2D eigenvalue weighted by molar-refractivity contribution is 6.01. The molecular formula is C25H23N3O6. The van der Waals surface area contributed by atoms with E-state index in [0.29, 0.717) is 0 Å². The Kier molecular flexibility index (Phi) is 6.29. The lowest BCUT2D eigenvalue weighted by atomic mass is 9.98. The van der Waals surface area contributed by atoms with Crippen LogP contribution >= 0.6 is 0 Å². The molecule has 0 saturated carbocycles. The van der Waals surface area contributed by atoms with Crippen LogP contribution in [0.4, 0.5) is 10.5 Å². The number of carbonyl (C=O) groups excluding carboxylic acids is 2. The first-order valence-corrected chi connectivity index (χ1v) is 10.6. The second-order valence-corrected chi connectivity index (χ2v) is 8.11. The van der Waals surface area contributed by atoms with Crippen LogP contribution in [0.5, 0.6) is 0 Å². The Balaban J connectivity index is 1.43. The minimum atomic E-state index is -2.15. The highest BCUT2D eigenvalue weighted by atomic mass is 16.5. The average Bonchev–Trinajstić information content (AvgIpc) is 3.15. The molecule has 0 radical (unpaired) electrons. The van der Waals surface area contributed by atoms with Crippen LogP contribution in [-0.2, 0) is 9.53 Å². The van der Waals surface area contributed by atoms with Gasteiger partial charge in [-0.25, -0.2) is 14.6 Å². The first-order chi connectivity index (χ1) is 16.3. The summed E-state index contributed by atoms with van der Waals surface area (Å²) in [4.78, 5) is 40.0. The Labute approximate surface area is 195 Å². The lowest BCUT2D eigenvalue weighted by Crippen LogP contribution is -2.46. The molecule has 34 heavy (non-hydrogen) atoms. The van der Waals surface area contributed by atoms with Gasteiger partial charge in [-0.3, -0.25) is 10.1 Å². The number of aromatic nitrogens is 1. The molecule has 1 unspecified atom stereocenters. The topological polar surface area (TPSA) is 138 Å². The van der Waals surface area contributed by atoms with Crippen LogP contribution < -0.4 is 10.6 Å². The molecule has 2 aromatic carbocycles. The summed E-state index contributed by atoms with van der Waals surface area (Å²) in [7, 11) is 0. The molecule has 9 nitrogen and oxygen atoms in total. The predicted molar refractivity (Wildman–Crippen MR) is 124 cm³/mol. The van der Waals surface area contributed by atoms with Gasteiger partial charge in [0.1, 0.15) is 6.61 Å². The van der Waals surface area contributed by atoms with Gasteiger partial charge < -0.3 is 20.3 Å². The number of nitrogens with zero attached hydrogens (tertiary/aromatic N) is 1. The van der Waals surface area contributed by atoms with E-state index in [1.54, 1.807) is 0 Å². The minimum Gasteiger partial charge on any atom is -0.479 e. The molecular weight excluding hydrogens is 438 g/mol. The zero-order chi connectivity index (χ0) is 24.3. The molecule has 4 rings (SSSR count). The van der Waals surface area contributed by atoms with E-state index < -0.39 is 30.1 Å². The SMILES string of the molecule is CC(O)(CNC(=O)c1ncccc1NC(=O)OCC1c2ccccc2-c2ccccc21)C(=O)O. The number of amides is 2. The number of ether oxygens (including phenoxy) is 1. The second-order valence-electron chi connectivity index (χ2n) is 8.11. The molecule has 0 spiro atoms. The van der Waals surface area contributed by atoms with E-state index in [1.807, 2.05) is 48.5 Å². The summed E-state index contributed by atoms with van der Waals surface area (Å²) in [6, 6.07) is 18.9. The number of carboxylic acid groups (broad SMARTS) is 1. The molecule has 0 aliphatic heterocycles. The number of hydrogen-bond donors (Lipinski definition) is 4. The van der Waals surface area contributed by atoms with Crippen LogP contribution in [0, 0.1) is 0 Å². The highest BCUT2D eigenvalue weighted by Crippen LogP contribution is 2.44. The first kappa shape index (κ1) is 22.9. The number of carboxylic acids is 1. The van der Waals surface area contributed by atoms with Gasteiger partial charge in [0, 0.05) is 12.1 Å². The van der Waals surface area contributed by atoms with Crippen molar-refractivity contribution in [1.29, 1.82) is 0 Å². The largest absolute Gasteiger partial charge is 0.479 e. The van der Waals surface area contributed by atoms with Crippen LogP contribution in [0.1, 0.15) is 34.5 Å². The number of aliphatic carboxylic acids is 1. The van der Waals surface area contributed by atoms with Crippen molar-refractivity contribution in [1.82, 2.24) is 10.3 Å². The molecule has 0 bridgehead atoms.